The van der Waals surface area contributed by atoms with E-state index in [9.17, 15) is 0 Å². The monoisotopic (exact) mass is 194 g/mol. The van der Waals surface area contributed by atoms with E-state index in [1.165, 1.54) is 10.6 Å². The summed E-state index contributed by atoms with van der Waals surface area (Å²) in [6.07, 6.45) is 0. The number of halogens is 3. The first-order valence-electron chi connectivity index (χ1n) is 2.41. The van der Waals surface area contributed by atoms with Crippen LogP contribution in [0.15, 0.2) is 0 Å². The predicted octanol–water partition coefficient (Wildman–Crippen LogP) is 2.56. The van der Waals surface area contributed by atoms with E-state index in [2.05, 4.69) is 13.8 Å². The molecule has 54 valence electrons. The highest BCUT2D eigenvalue weighted by atomic mass is 35.5. The van der Waals surface area contributed by atoms with E-state index in [4.69, 9.17) is 0 Å². The average Bonchev–Trinajstić information content (AvgIpc) is 1.41. The minimum Gasteiger partial charge on any atom is -0.147 e. The Morgan fingerprint density at radius 3 is 1.12 bits per heavy atom. The Morgan fingerprint density at radius 1 is 0.875 bits per heavy atom. The van der Waals surface area contributed by atoms with Crippen molar-refractivity contribution in [3.8, 4) is 0 Å². The predicted molar refractivity (Wildman–Crippen MR) is 49.9 cm³/mol. The minimum atomic E-state index is 0. The van der Waals surface area contributed by atoms with Gasteiger partial charge < -0.3 is 0 Å². The van der Waals surface area contributed by atoms with Crippen molar-refractivity contribution in [2.75, 3.05) is 0 Å². The number of hydrogen-bond acceptors (Lipinski definition) is 0. The van der Waals surface area contributed by atoms with Gasteiger partial charge in [-0.15, -0.1) is 47.8 Å². The zero-order valence-electron chi connectivity index (χ0n) is 5.35. The molecule has 0 amide bonds. The molecular weight excluding hydrogens is 181 g/mol. The van der Waals surface area contributed by atoms with E-state index in [1.54, 1.807) is 0 Å². The molecule has 0 aromatic rings. The number of rotatable bonds is 2. The van der Waals surface area contributed by atoms with E-state index in [1.807, 2.05) is 0 Å². The van der Waals surface area contributed by atoms with Gasteiger partial charge in [-0.05, 0) is 0 Å². The molecule has 8 heavy (non-hydrogen) atoms. The summed E-state index contributed by atoms with van der Waals surface area (Å²) in [4.78, 5) is 0. The standard InChI is InChI=1S/2C2H5.Al.3ClH.H/c2*1-2;;;;;/h2*1H2,2H3;;3*1H;. The Bertz CT molecular complexity index is 18.8. The summed E-state index contributed by atoms with van der Waals surface area (Å²) >= 11 is 0.432. The molecule has 0 saturated heterocycles. The highest BCUT2D eigenvalue weighted by molar-refractivity contribution is 6.34. The van der Waals surface area contributed by atoms with Crippen molar-refractivity contribution in [3.63, 3.8) is 0 Å². The van der Waals surface area contributed by atoms with Crippen molar-refractivity contribution in [2.45, 2.75) is 24.4 Å². The van der Waals surface area contributed by atoms with Gasteiger partial charge in [0.25, 0.3) is 0 Å². The molecule has 0 N–H and O–H groups in total. The van der Waals surface area contributed by atoms with Crippen LogP contribution in [0.1, 0.15) is 13.8 Å². The zero-order valence-corrected chi connectivity index (χ0v) is 9.21. The van der Waals surface area contributed by atoms with E-state index >= 15 is 0 Å². The van der Waals surface area contributed by atoms with Crippen molar-refractivity contribution >= 4 is 52.4 Å². The molecule has 0 unspecified atom stereocenters. The topological polar surface area (TPSA) is 0 Å². The van der Waals surface area contributed by atoms with Crippen LogP contribution in [0.4, 0.5) is 0 Å². The van der Waals surface area contributed by atoms with E-state index in [0.29, 0.717) is 15.2 Å². The van der Waals surface area contributed by atoms with Crippen LogP contribution >= 0.6 is 37.2 Å². The van der Waals surface area contributed by atoms with E-state index in [0.717, 1.165) is 0 Å². The second-order valence-corrected chi connectivity index (χ2v) is 4.06. The molecule has 0 bridgehead atoms. The van der Waals surface area contributed by atoms with Crippen LogP contribution in [0.3, 0.4) is 0 Å². The molecule has 0 saturated carbocycles. The van der Waals surface area contributed by atoms with Gasteiger partial charge in [-0.1, -0.05) is 13.8 Å². The Kier molecular flexibility index (Phi) is 67.5. The molecule has 0 fully saturated rings. The lowest BCUT2D eigenvalue weighted by Gasteiger charge is -1.73. The fourth-order valence-corrected chi connectivity index (χ4v) is 1.06. The third kappa shape index (κ3) is 26.2. The zero-order chi connectivity index (χ0) is 4.12. The van der Waals surface area contributed by atoms with Crippen molar-refractivity contribution in [2.24, 2.45) is 0 Å². The maximum atomic E-state index is 2.27. The first-order chi connectivity index (χ1) is 2.41. The lowest BCUT2D eigenvalue weighted by molar-refractivity contribution is 1.36. The fraction of sp³-hybridized carbons (Fsp3) is 1.00. The maximum Gasteiger partial charge on any atom is 0.236 e. The molecule has 0 aromatic heterocycles. The first-order valence-corrected chi connectivity index (χ1v) is 4.41. The van der Waals surface area contributed by atoms with Crippen LogP contribution in [0.5, 0.6) is 0 Å². The van der Waals surface area contributed by atoms with Gasteiger partial charge in [-0.25, -0.2) is 0 Å². The van der Waals surface area contributed by atoms with Gasteiger partial charge >= 0.3 is 0 Å². The Morgan fingerprint density at radius 2 is 1.12 bits per heavy atom. The highest BCUT2D eigenvalue weighted by Crippen LogP contribution is 1.77. The van der Waals surface area contributed by atoms with E-state index < -0.39 is 0 Å². The van der Waals surface area contributed by atoms with Crippen molar-refractivity contribution in [3.05, 3.63) is 0 Å². The molecule has 0 aliphatic rings. The third-order valence-electron chi connectivity index (χ3n) is 0.707. The second kappa shape index (κ2) is 23.8. The molecular formula is C4H14AlCl3. The van der Waals surface area contributed by atoms with Gasteiger partial charge in [0.1, 0.15) is 0 Å². The van der Waals surface area contributed by atoms with Crippen LogP contribution in [-0.2, 0) is 0 Å². The quantitative estimate of drug-likeness (QED) is 0.594. The van der Waals surface area contributed by atoms with Crippen LogP contribution < -0.4 is 0 Å². The largest absolute Gasteiger partial charge is 0.236 e. The molecule has 0 spiro atoms. The molecule has 0 aliphatic carbocycles. The maximum absolute atomic E-state index is 2.27. The molecule has 4 heteroatoms. The summed E-state index contributed by atoms with van der Waals surface area (Å²) in [6, 6.07) is 0. The van der Waals surface area contributed by atoms with E-state index in [-0.39, 0.29) is 37.2 Å². The summed E-state index contributed by atoms with van der Waals surface area (Å²) in [5.41, 5.74) is 0. The van der Waals surface area contributed by atoms with Crippen molar-refractivity contribution in [1.82, 2.24) is 0 Å². The van der Waals surface area contributed by atoms with Crippen LogP contribution in [0.2, 0.25) is 10.6 Å². The van der Waals surface area contributed by atoms with Crippen LogP contribution in [0.25, 0.3) is 0 Å². The summed E-state index contributed by atoms with van der Waals surface area (Å²) in [5.74, 6) is 0. The smallest absolute Gasteiger partial charge is 0.147 e. The SMILES string of the molecule is C[CH2][AlH][CH2]C.Cl.Cl.Cl. The second-order valence-electron chi connectivity index (χ2n) is 1.35. The van der Waals surface area contributed by atoms with Crippen molar-refractivity contribution in [1.29, 1.82) is 0 Å². The van der Waals surface area contributed by atoms with Crippen LogP contribution in [-0.4, -0.2) is 15.2 Å². The first kappa shape index (κ1) is 22.7. The Labute approximate surface area is 76.7 Å². The Balaban J connectivity index is -0.0000000267. The third-order valence-corrected chi connectivity index (χ3v) is 2.12. The van der Waals surface area contributed by atoms with Gasteiger partial charge in [0.2, 0.25) is 15.2 Å². The molecule has 0 aromatic carbocycles. The fourth-order valence-electron chi connectivity index (χ4n) is 0.354. The Hall–Kier alpha value is 1.40. The molecule has 0 radical (unpaired) electrons. The summed E-state index contributed by atoms with van der Waals surface area (Å²) < 4.78 is 0. The lowest BCUT2D eigenvalue weighted by atomic mass is 10.9. The summed E-state index contributed by atoms with van der Waals surface area (Å²) in [7, 11) is 0. The summed E-state index contributed by atoms with van der Waals surface area (Å²) in [5, 5.41) is 2.97. The van der Waals surface area contributed by atoms with Gasteiger partial charge in [0.05, 0.1) is 0 Å². The molecule has 0 atom stereocenters. The average molecular weight is 195 g/mol. The summed E-state index contributed by atoms with van der Waals surface area (Å²) in [6.45, 7) is 4.55. The van der Waals surface area contributed by atoms with Gasteiger partial charge in [0, 0.05) is 0 Å². The molecule has 0 aliphatic heterocycles. The van der Waals surface area contributed by atoms with Gasteiger partial charge in [-0.2, -0.15) is 0 Å². The normalized spacial score (nSPS) is 4.75. The van der Waals surface area contributed by atoms with Gasteiger partial charge in [-0.3, -0.25) is 0 Å². The molecule has 0 heterocycles. The van der Waals surface area contributed by atoms with Gasteiger partial charge in [0.15, 0.2) is 0 Å². The molecule has 0 rings (SSSR count). The minimum absolute atomic E-state index is 0. The lowest BCUT2D eigenvalue weighted by Crippen LogP contribution is -1.76. The van der Waals surface area contributed by atoms with Crippen molar-refractivity contribution < 1.29 is 0 Å². The van der Waals surface area contributed by atoms with Crippen LogP contribution in [0, 0.1) is 0 Å². The molecule has 0 nitrogen and oxygen atoms in total. The number of hydrogen-bond donors (Lipinski definition) is 0. The highest BCUT2D eigenvalue weighted by Gasteiger charge is 1.76.